The highest BCUT2D eigenvalue weighted by Gasteiger charge is 2.23. The van der Waals surface area contributed by atoms with E-state index in [-0.39, 0.29) is 12.3 Å². The van der Waals surface area contributed by atoms with E-state index in [1.54, 1.807) is 13.8 Å². The summed E-state index contributed by atoms with van der Waals surface area (Å²) in [5.74, 6) is -0.444. The average Bonchev–Trinajstić information content (AvgIpc) is 2.83. The van der Waals surface area contributed by atoms with Crippen LogP contribution in [0.5, 0.6) is 0 Å². The van der Waals surface area contributed by atoms with Gasteiger partial charge in [-0.3, -0.25) is 9.59 Å². The molecule has 0 atom stereocenters. The van der Waals surface area contributed by atoms with Crippen molar-refractivity contribution in [2.75, 3.05) is 6.54 Å². The van der Waals surface area contributed by atoms with E-state index < -0.39 is 11.4 Å². The molecule has 92 valence electrons. The van der Waals surface area contributed by atoms with Crippen LogP contribution in [0.25, 0.3) is 0 Å². The van der Waals surface area contributed by atoms with E-state index in [9.17, 15) is 9.59 Å². The lowest BCUT2D eigenvalue weighted by molar-refractivity contribution is -0.123. The highest BCUT2D eigenvalue weighted by Crippen LogP contribution is 2.18. The van der Waals surface area contributed by atoms with Crippen molar-refractivity contribution < 1.29 is 9.59 Å². The number of nitrogens with two attached hydrogens (primary N) is 1. The minimum absolute atomic E-state index is 0.0422. The van der Waals surface area contributed by atoms with E-state index in [0.717, 1.165) is 0 Å². The molecule has 0 radical (unpaired) electrons. The maximum absolute atomic E-state index is 11.5. The summed E-state index contributed by atoms with van der Waals surface area (Å²) in [6, 6.07) is 0.617. The molecule has 5 heteroatoms. The Morgan fingerprint density at radius 2 is 2.00 bits per heavy atom. The van der Waals surface area contributed by atoms with Crippen molar-refractivity contribution in [3.63, 3.8) is 0 Å². The molecule has 1 aliphatic rings. The summed E-state index contributed by atoms with van der Waals surface area (Å²) in [4.78, 5) is 22.3. The molecule has 0 heterocycles. The van der Waals surface area contributed by atoms with E-state index in [1.165, 1.54) is 12.8 Å². The zero-order valence-corrected chi connectivity index (χ0v) is 10.0. The van der Waals surface area contributed by atoms with Gasteiger partial charge in [0.25, 0.3) is 0 Å². The summed E-state index contributed by atoms with van der Waals surface area (Å²) in [5.41, 5.74) is 4.55. The Labute approximate surface area is 96.1 Å². The second-order valence-corrected chi connectivity index (χ2v) is 5.05. The zero-order chi connectivity index (χ0) is 12.2. The van der Waals surface area contributed by atoms with Crippen molar-refractivity contribution >= 4 is 11.8 Å². The fourth-order valence-corrected chi connectivity index (χ4v) is 1.60. The molecule has 1 aliphatic carbocycles. The molecule has 5 nitrogen and oxygen atoms in total. The standard InChI is InChI=1S/C11H21N3O2/c1-11(2,7-9(12)15)14-10(16)5-6-13-8-3-4-8/h8,13H,3-7H2,1-2H3,(H2,12,15)(H,14,16). The zero-order valence-electron chi connectivity index (χ0n) is 10.0. The molecule has 0 aliphatic heterocycles. The third kappa shape index (κ3) is 5.70. The predicted molar refractivity (Wildman–Crippen MR) is 61.7 cm³/mol. The molecular weight excluding hydrogens is 206 g/mol. The molecule has 0 unspecified atom stereocenters. The van der Waals surface area contributed by atoms with E-state index in [2.05, 4.69) is 10.6 Å². The number of amides is 2. The minimum Gasteiger partial charge on any atom is -0.370 e. The van der Waals surface area contributed by atoms with E-state index in [0.29, 0.717) is 19.0 Å². The Balaban J connectivity index is 2.17. The van der Waals surface area contributed by atoms with Gasteiger partial charge in [0.15, 0.2) is 0 Å². The third-order valence-electron chi connectivity index (χ3n) is 2.46. The highest BCUT2D eigenvalue weighted by atomic mass is 16.2. The third-order valence-corrected chi connectivity index (χ3v) is 2.46. The van der Waals surface area contributed by atoms with Gasteiger partial charge >= 0.3 is 0 Å². The van der Waals surface area contributed by atoms with Crippen molar-refractivity contribution in [3.8, 4) is 0 Å². The lowest BCUT2D eigenvalue weighted by Crippen LogP contribution is -2.46. The number of carbonyl (C=O) groups excluding carboxylic acids is 2. The Kier molecular flexibility index (Phi) is 4.29. The number of rotatable bonds is 7. The van der Waals surface area contributed by atoms with Crippen molar-refractivity contribution in [1.29, 1.82) is 0 Å². The van der Waals surface area contributed by atoms with Crippen LogP contribution in [0.1, 0.15) is 39.5 Å². The Hall–Kier alpha value is -1.10. The van der Waals surface area contributed by atoms with Crippen molar-refractivity contribution in [2.24, 2.45) is 5.73 Å². The van der Waals surface area contributed by atoms with Gasteiger partial charge in [0.1, 0.15) is 0 Å². The van der Waals surface area contributed by atoms with E-state index in [4.69, 9.17) is 5.73 Å². The number of nitrogens with one attached hydrogen (secondary N) is 2. The first-order valence-electron chi connectivity index (χ1n) is 5.72. The molecular formula is C11H21N3O2. The smallest absolute Gasteiger partial charge is 0.221 e. The largest absolute Gasteiger partial charge is 0.370 e. The van der Waals surface area contributed by atoms with Gasteiger partial charge in [-0.05, 0) is 26.7 Å². The molecule has 0 spiro atoms. The second kappa shape index (κ2) is 5.30. The number of carbonyl (C=O) groups is 2. The molecule has 1 rings (SSSR count). The Morgan fingerprint density at radius 3 is 2.50 bits per heavy atom. The quantitative estimate of drug-likeness (QED) is 0.568. The molecule has 0 bridgehead atoms. The maximum atomic E-state index is 11.5. The van der Waals surface area contributed by atoms with Crippen LogP contribution in [0, 0.1) is 0 Å². The van der Waals surface area contributed by atoms with Gasteiger partial charge in [0.05, 0.1) is 0 Å². The molecule has 2 amide bonds. The van der Waals surface area contributed by atoms with Crippen LogP contribution in [-0.2, 0) is 9.59 Å². The number of hydrogen-bond acceptors (Lipinski definition) is 3. The first-order chi connectivity index (χ1) is 7.39. The summed E-state index contributed by atoms with van der Waals surface area (Å²) in [6.45, 7) is 4.29. The number of hydrogen-bond donors (Lipinski definition) is 3. The molecule has 0 aromatic rings. The monoisotopic (exact) mass is 227 g/mol. The lowest BCUT2D eigenvalue weighted by atomic mass is 10.00. The lowest BCUT2D eigenvalue weighted by Gasteiger charge is -2.24. The van der Waals surface area contributed by atoms with Crippen molar-refractivity contribution in [1.82, 2.24) is 10.6 Å². The van der Waals surface area contributed by atoms with Crippen LogP contribution in [0.3, 0.4) is 0 Å². The molecule has 4 N–H and O–H groups in total. The van der Waals surface area contributed by atoms with Gasteiger partial charge in [-0.1, -0.05) is 0 Å². The van der Waals surface area contributed by atoms with E-state index in [1.807, 2.05) is 0 Å². The molecule has 0 aromatic carbocycles. The van der Waals surface area contributed by atoms with Crippen LogP contribution in [0.15, 0.2) is 0 Å². The molecule has 1 saturated carbocycles. The summed E-state index contributed by atoms with van der Waals surface area (Å²) < 4.78 is 0. The second-order valence-electron chi connectivity index (χ2n) is 5.05. The topological polar surface area (TPSA) is 84.2 Å². The van der Waals surface area contributed by atoms with Crippen LogP contribution in [0.2, 0.25) is 0 Å². The SMILES string of the molecule is CC(C)(CC(N)=O)NC(=O)CCNC1CC1. The maximum Gasteiger partial charge on any atom is 0.221 e. The highest BCUT2D eigenvalue weighted by molar-refractivity contribution is 5.79. The normalized spacial score (nSPS) is 15.9. The van der Waals surface area contributed by atoms with Gasteiger partial charge in [0.2, 0.25) is 11.8 Å². The minimum atomic E-state index is -0.553. The molecule has 0 aromatic heterocycles. The molecule has 0 saturated heterocycles. The first-order valence-corrected chi connectivity index (χ1v) is 5.72. The Morgan fingerprint density at radius 1 is 1.38 bits per heavy atom. The fourth-order valence-electron chi connectivity index (χ4n) is 1.60. The van der Waals surface area contributed by atoms with Crippen molar-refractivity contribution in [3.05, 3.63) is 0 Å². The fraction of sp³-hybridized carbons (Fsp3) is 0.818. The van der Waals surface area contributed by atoms with Crippen molar-refractivity contribution in [2.45, 2.75) is 51.1 Å². The van der Waals surface area contributed by atoms with Gasteiger partial charge < -0.3 is 16.4 Å². The van der Waals surface area contributed by atoms with Crippen LogP contribution >= 0.6 is 0 Å². The summed E-state index contributed by atoms with van der Waals surface area (Å²) in [5, 5.41) is 6.06. The summed E-state index contributed by atoms with van der Waals surface area (Å²) in [6.07, 6.45) is 3.04. The van der Waals surface area contributed by atoms with Crippen LogP contribution < -0.4 is 16.4 Å². The average molecular weight is 227 g/mol. The first kappa shape index (κ1) is 13.0. The number of primary amides is 1. The molecule has 16 heavy (non-hydrogen) atoms. The van der Waals surface area contributed by atoms with Crippen LogP contribution in [0.4, 0.5) is 0 Å². The Bertz CT molecular complexity index is 272. The van der Waals surface area contributed by atoms with Crippen LogP contribution in [-0.4, -0.2) is 29.9 Å². The summed E-state index contributed by atoms with van der Waals surface area (Å²) in [7, 11) is 0. The van der Waals surface area contributed by atoms with Gasteiger partial charge in [-0.2, -0.15) is 0 Å². The van der Waals surface area contributed by atoms with E-state index >= 15 is 0 Å². The summed E-state index contributed by atoms with van der Waals surface area (Å²) >= 11 is 0. The van der Waals surface area contributed by atoms with Gasteiger partial charge in [-0.25, -0.2) is 0 Å². The van der Waals surface area contributed by atoms with Gasteiger partial charge in [-0.15, -0.1) is 0 Å². The predicted octanol–water partition coefficient (Wildman–Crippen LogP) is -0.101. The van der Waals surface area contributed by atoms with Gasteiger partial charge in [0, 0.05) is 31.0 Å². The molecule has 1 fully saturated rings.